The lowest BCUT2D eigenvalue weighted by Crippen LogP contribution is -2.29. The van der Waals surface area contributed by atoms with Crippen LogP contribution < -0.4 is 10.6 Å². The molecule has 5 rings (SSSR count). The molecule has 7 nitrogen and oxygen atoms in total. The molecule has 3 aromatic rings. The summed E-state index contributed by atoms with van der Waals surface area (Å²) in [7, 11) is 0. The molecule has 0 spiro atoms. The van der Waals surface area contributed by atoms with Crippen LogP contribution in [0.15, 0.2) is 53.7 Å². The zero-order valence-corrected chi connectivity index (χ0v) is 20.2. The van der Waals surface area contributed by atoms with E-state index < -0.39 is 0 Å². The highest BCUT2D eigenvalue weighted by Crippen LogP contribution is 2.31. The summed E-state index contributed by atoms with van der Waals surface area (Å²) in [5.41, 5.74) is 2.20. The Morgan fingerprint density at radius 2 is 1.86 bits per heavy atom. The van der Waals surface area contributed by atoms with Crippen LogP contribution >= 0.6 is 11.8 Å². The second-order valence-corrected chi connectivity index (χ2v) is 10.1. The van der Waals surface area contributed by atoms with E-state index in [1.54, 1.807) is 30.0 Å². The SMILES string of the molecule is O=C(C[C@H]1NC(=O)c2ccccc21)NCc1nnc(SCC2CCCCC2)n1-c1ccc(F)cc1. The normalized spacial score (nSPS) is 17.7. The third-order valence-corrected chi connectivity index (χ3v) is 7.84. The second kappa shape index (κ2) is 10.6. The molecule has 0 radical (unpaired) electrons. The van der Waals surface area contributed by atoms with Crippen LogP contribution in [-0.4, -0.2) is 32.3 Å². The first-order valence-electron chi connectivity index (χ1n) is 12.1. The lowest BCUT2D eigenvalue weighted by Gasteiger charge is -2.20. The van der Waals surface area contributed by atoms with Crippen molar-refractivity contribution in [3.8, 4) is 5.69 Å². The van der Waals surface area contributed by atoms with Crippen LogP contribution in [0.25, 0.3) is 5.69 Å². The Hall–Kier alpha value is -3.20. The number of amides is 2. The van der Waals surface area contributed by atoms with Crippen LogP contribution in [0.4, 0.5) is 4.39 Å². The maximum Gasteiger partial charge on any atom is 0.252 e. The highest BCUT2D eigenvalue weighted by Gasteiger charge is 2.29. The largest absolute Gasteiger partial charge is 0.349 e. The summed E-state index contributed by atoms with van der Waals surface area (Å²) in [5.74, 6) is 1.54. The van der Waals surface area contributed by atoms with E-state index in [9.17, 15) is 14.0 Å². The van der Waals surface area contributed by atoms with Gasteiger partial charge in [-0.15, -0.1) is 10.2 Å². The third-order valence-electron chi connectivity index (χ3n) is 6.68. The lowest BCUT2D eigenvalue weighted by atomic mass is 9.91. The Kier molecular flexibility index (Phi) is 7.13. The van der Waals surface area contributed by atoms with Crippen LogP contribution in [0, 0.1) is 11.7 Å². The van der Waals surface area contributed by atoms with Crippen molar-refractivity contribution in [2.24, 2.45) is 5.92 Å². The van der Waals surface area contributed by atoms with Crippen molar-refractivity contribution in [3.05, 3.63) is 71.3 Å². The zero-order chi connectivity index (χ0) is 24.2. The first kappa shape index (κ1) is 23.5. The van der Waals surface area contributed by atoms with Gasteiger partial charge in [0.2, 0.25) is 5.91 Å². The number of nitrogens with zero attached hydrogens (tertiary/aromatic N) is 3. The molecule has 182 valence electrons. The smallest absolute Gasteiger partial charge is 0.252 e. The molecule has 0 bridgehead atoms. The van der Waals surface area contributed by atoms with E-state index in [-0.39, 0.29) is 36.6 Å². The molecule has 1 fully saturated rings. The van der Waals surface area contributed by atoms with Gasteiger partial charge in [-0.2, -0.15) is 0 Å². The number of carbonyl (C=O) groups is 2. The van der Waals surface area contributed by atoms with Crippen molar-refractivity contribution in [2.45, 2.75) is 56.3 Å². The number of benzene rings is 2. The van der Waals surface area contributed by atoms with E-state index in [4.69, 9.17) is 0 Å². The molecule has 35 heavy (non-hydrogen) atoms. The van der Waals surface area contributed by atoms with E-state index in [0.717, 1.165) is 22.2 Å². The van der Waals surface area contributed by atoms with Gasteiger partial charge in [-0.25, -0.2) is 4.39 Å². The highest BCUT2D eigenvalue weighted by molar-refractivity contribution is 7.99. The van der Waals surface area contributed by atoms with Crippen molar-refractivity contribution in [2.75, 3.05) is 5.75 Å². The minimum absolute atomic E-state index is 0.136. The highest BCUT2D eigenvalue weighted by atomic mass is 32.2. The lowest BCUT2D eigenvalue weighted by molar-refractivity contribution is -0.121. The van der Waals surface area contributed by atoms with Gasteiger partial charge in [0.25, 0.3) is 5.91 Å². The Labute approximate surface area is 207 Å². The van der Waals surface area contributed by atoms with Gasteiger partial charge in [0.05, 0.1) is 19.0 Å². The van der Waals surface area contributed by atoms with E-state index in [1.165, 1.54) is 44.2 Å². The molecule has 0 unspecified atom stereocenters. The van der Waals surface area contributed by atoms with E-state index in [0.29, 0.717) is 17.3 Å². The molecule has 1 aliphatic carbocycles. The average molecular weight is 494 g/mol. The molecule has 2 aliphatic rings. The Morgan fingerprint density at radius 1 is 1.09 bits per heavy atom. The molecular formula is C26H28FN5O2S. The fourth-order valence-electron chi connectivity index (χ4n) is 4.82. The molecule has 0 saturated heterocycles. The van der Waals surface area contributed by atoms with Crippen LogP contribution in [0.2, 0.25) is 0 Å². The van der Waals surface area contributed by atoms with Crippen molar-refractivity contribution >= 4 is 23.6 Å². The Bertz CT molecular complexity index is 1210. The number of hydrogen-bond donors (Lipinski definition) is 2. The van der Waals surface area contributed by atoms with Gasteiger partial charge in [0.15, 0.2) is 11.0 Å². The average Bonchev–Trinajstić information content (AvgIpc) is 3.43. The van der Waals surface area contributed by atoms with Gasteiger partial charge in [0, 0.05) is 17.0 Å². The van der Waals surface area contributed by atoms with Crippen LogP contribution in [0.5, 0.6) is 0 Å². The monoisotopic (exact) mass is 493 g/mol. The third kappa shape index (κ3) is 5.40. The molecule has 2 aromatic carbocycles. The van der Waals surface area contributed by atoms with E-state index in [1.807, 2.05) is 22.8 Å². The number of fused-ring (bicyclic) bond motifs is 1. The zero-order valence-electron chi connectivity index (χ0n) is 19.4. The number of aromatic nitrogens is 3. The molecular weight excluding hydrogens is 465 g/mol. The van der Waals surface area contributed by atoms with Gasteiger partial charge in [-0.3, -0.25) is 14.2 Å². The molecule has 2 amide bonds. The minimum Gasteiger partial charge on any atom is -0.349 e. The first-order chi connectivity index (χ1) is 17.1. The van der Waals surface area contributed by atoms with Crippen molar-refractivity contribution in [3.63, 3.8) is 0 Å². The van der Waals surface area contributed by atoms with Gasteiger partial charge < -0.3 is 10.6 Å². The summed E-state index contributed by atoms with van der Waals surface area (Å²) in [6.07, 6.45) is 6.48. The number of thioether (sulfide) groups is 1. The van der Waals surface area contributed by atoms with E-state index in [2.05, 4.69) is 20.8 Å². The molecule has 9 heteroatoms. The van der Waals surface area contributed by atoms with Crippen molar-refractivity contribution in [1.82, 2.24) is 25.4 Å². The summed E-state index contributed by atoms with van der Waals surface area (Å²) >= 11 is 1.66. The van der Waals surface area contributed by atoms with Gasteiger partial charge in [0.1, 0.15) is 5.82 Å². The predicted molar refractivity (Wildman–Crippen MR) is 132 cm³/mol. The Morgan fingerprint density at radius 3 is 2.66 bits per heavy atom. The Balaban J connectivity index is 1.28. The summed E-state index contributed by atoms with van der Waals surface area (Å²) in [5, 5.41) is 15.3. The second-order valence-electron chi connectivity index (χ2n) is 9.12. The standard InChI is InChI=1S/C26H28FN5O2S/c27-18-10-12-19(13-11-18)32-23(30-31-26(32)35-16-17-6-2-1-3-7-17)15-28-24(33)14-22-20-8-4-5-9-21(20)25(34)29-22/h4-5,8-13,17,22H,1-3,6-7,14-16H2,(H,28,33)(H,29,34)/t22-/m1/s1. The predicted octanol–water partition coefficient (Wildman–Crippen LogP) is 4.57. The fraction of sp³-hybridized carbons (Fsp3) is 0.385. The minimum atomic E-state index is -0.352. The summed E-state index contributed by atoms with van der Waals surface area (Å²) in [6, 6.07) is 13.2. The summed E-state index contributed by atoms with van der Waals surface area (Å²) in [6.45, 7) is 0.176. The van der Waals surface area contributed by atoms with Gasteiger partial charge >= 0.3 is 0 Å². The number of carbonyl (C=O) groups excluding carboxylic acids is 2. The molecule has 2 N–H and O–H groups in total. The quantitative estimate of drug-likeness (QED) is 0.449. The van der Waals surface area contributed by atoms with E-state index >= 15 is 0 Å². The van der Waals surface area contributed by atoms with Crippen molar-refractivity contribution < 1.29 is 14.0 Å². The number of rotatable bonds is 8. The summed E-state index contributed by atoms with van der Waals surface area (Å²) < 4.78 is 15.5. The maximum atomic E-state index is 13.6. The maximum absolute atomic E-state index is 13.6. The number of hydrogen-bond acceptors (Lipinski definition) is 5. The van der Waals surface area contributed by atoms with Gasteiger partial charge in [-0.05, 0) is 54.7 Å². The van der Waals surface area contributed by atoms with Crippen LogP contribution in [0.3, 0.4) is 0 Å². The molecule has 2 heterocycles. The molecule has 1 aliphatic heterocycles. The number of nitrogens with one attached hydrogen (secondary N) is 2. The van der Waals surface area contributed by atoms with Gasteiger partial charge in [-0.1, -0.05) is 49.2 Å². The van der Waals surface area contributed by atoms with Crippen LogP contribution in [0.1, 0.15) is 66.3 Å². The summed E-state index contributed by atoms with van der Waals surface area (Å²) in [4.78, 5) is 24.9. The van der Waals surface area contributed by atoms with Crippen molar-refractivity contribution in [1.29, 1.82) is 0 Å². The first-order valence-corrected chi connectivity index (χ1v) is 13.1. The fourth-order valence-corrected chi connectivity index (χ4v) is 5.98. The topological polar surface area (TPSA) is 88.9 Å². The molecule has 1 atom stereocenters. The molecule has 1 saturated carbocycles. The molecule has 1 aromatic heterocycles. The number of halogens is 1. The van der Waals surface area contributed by atoms with Crippen LogP contribution in [-0.2, 0) is 11.3 Å².